The SMILES string of the molecule is CNc1ccc([N+](=O)[O-])cc1C(=O)N(C)Cc1ccc(Br)cc1. The molecular weight excluding hydrogens is 362 g/mol. The first-order chi connectivity index (χ1) is 10.9. The van der Waals surface area contributed by atoms with Crippen molar-refractivity contribution in [3.8, 4) is 0 Å². The fraction of sp³-hybridized carbons (Fsp3) is 0.188. The Labute approximate surface area is 142 Å². The average Bonchev–Trinajstić information content (AvgIpc) is 2.55. The number of hydrogen-bond acceptors (Lipinski definition) is 4. The Morgan fingerprint density at radius 1 is 1.26 bits per heavy atom. The van der Waals surface area contributed by atoms with Gasteiger partial charge in [0.1, 0.15) is 0 Å². The van der Waals surface area contributed by atoms with Crippen molar-refractivity contribution in [1.82, 2.24) is 4.90 Å². The first kappa shape index (κ1) is 17.0. The molecule has 0 aliphatic heterocycles. The number of nitrogens with zero attached hydrogens (tertiary/aromatic N) is 2. The molecule has 6 nitrogen and oxygen atoms in total. The maximum Gasteiger partial charge on any atom is 0.270 e. The molecule has 2 aromatic rings. The van der Waals surface area contributed by atoms with Gasteiger partial charge in [-0.2, -0.15) is 0 Å². The van der Waals surface area contributed by atoms with Crippen molar-refractivity contribution >= 4 is 33.2 Å². The van der Waals surface area contributed by atoms with Crippen molar-refractivity contribution in [1.29, 1.82) is 0 Å². The Hall–Kier alpha value is -2.41. The van der Waals surface area contributed by atoms with Crippen molar-refractivity contribution in [2.75, 3.05) is 19.4 Å². The van der Waals surface area contributed by atoms with E-state index < -0.39 is 4.92 Å². The van der Waals surface area contributed by atoms with Crippen molar-refractivity contribution in [3.05, 3.63) is 68.2 Å². The van der Waals surface area contributed by atoms with Crippen molar-refractivity contribution in [2.45, 2.75) is 6.54 Å². The Morgan fingerprint density at radius 2 is 1.91 bits per heavy atom. The normalized spacial score (nSPS) is 10.2. The van der Waals surface area contributed by atoms with E-state index in [1.54, 1.807) is 20.2 Å². The number of benzene rings is 2. The van der Waals surface area contributed by atoms with E-state index in [1.165, 1.54) is 17.0 Å². The molecule has 0 fully saturated rings. The van der Waals surface area contributed by atoms with Crippen LogP contribution >= 0.6 is 15.9 Å². The standard InChI is InChI=1S/C16H16BrN3O3/c1-18-15-8-7-13(20(22)23)9-14(15)16(21)19(2)10-11-3-5-12(17)6-4-11/h3-9,18H,10H2,1-2H3. The summed E-state index contributed by atoms with van der Waals surface area (Å²) in [4.78, 5) is 24.6. The number of nitro groups is 1. The molecule has 0 aliphatic carbocycles. The fourth-order valence-electron chi connectivity index (χ4n) is 2.18. The maximum atomic E-state index is 12.6. The number of carbonyl (C=O) groups is 1. The van der Waals surface area contributed by atoms with Crippen LogP contribution in [0.3, 0.4) is 0 Å². The number of carbonyl (C=O) groups excluding carboxylic acids is 1. The molecule has 7 heteroatoms. The molecule has 0 saturated carbocycles. The number of nitro benzene ring substituents is 1. The highest BCUT2D eigenvalue weighted by Gasteiger charge is 2.19. The molecule has 120 valence electrons. The van der Waals surface area contributed by atoms with E-state index in [9.17, 15) is 14.9 Å². The van der Waals surface area contributed by atoms with Gasteiger partial charge in [0.2, 0.25) is 0 Å². The monoisotopic (exact) mass is 377 g/mol. The van der Waals surface area contributed by atoms with E-state index in [0.29, 0.717) is 12.2 Å². The van der Waals surface area contributed by atoms with Crippen LogP contribution in [0.5, 0.6) is 0 Å². The van der Waals surface area contributed by atoms with Gasteiger partial charge < -0.3 is 10.2 Å². The molecule has 0 bridgehead atoms. The van der Waals surface area contributed by atoms with Crippen LogP contribution in [0.1, 0.15) is 15.9 Å². The van der Waals surface area contributed by atoms with Crippen LogP contribution < -0.4 is 5.32 Å². The molecule has 2 rings (SSSR count). The number of hydrogen-bond donors (Lipinski definition) is 1. The third kappa shape index (κ3) is 4.07. The van der Waals surface area contributed by atoms with Gasteiger partial charge in [-0.3, -0.25) is 14.9 Å². The second-order valence-electron chi connectivity index (χ2n) is 5.02. The molecule has 0 radical (unpaired) electrons. The lowest BCUT2D eigenvalue weighted by atomic mass is 10.1. The summed E-state index contributed by atoms with van der Waals surface area (Å²) in [6.45, 7) is 0.415. The van der Waals surface area contributed by atoms with Gasteiger partial charge in [-0.15, -0.1) is 0 Å². The van der Waals surface area contributed by atoms with Crippen molar-refractivity contribution in [2.24, 2.45) is 0 Å². The Kier molecular flexibility index (Phi) is 5.33. The van der Waals surface area contributed by atoms with E-state index in [0.717, 1.165) is 10.0 Å². The molecule has 23 heavy (non-hydrogen) atoms. The summed E-state index contributed by atoms with van der Waals surface area (Å²) < 4.78 is 0.964. The summed E-state index contributed by atoms with van der Waals surface area (Å²) in [5.74, 6) is -0.277. The van der Waals surface area contributed by atoms with Gasteiger partial charge in [0.25, 0.3) is 11.6 Å². The van der Waals surface area contributed by atoms with Crippen LogP contribution in [0.15, 0.2) is 46.9 Å². The predicted octanol–water partition coefficient (Wildman–Crippen LogP) is 3.67. The molecule has 0 saturated heterocycles. The Balaban J connectivity index is 2.25. The van der Waals surface area contributed by atoms with E-state index in [1.807, 2.05) is 24.3 Å². The number of halogens is 1. The van der Waals surface area contributed by atoms with Gasteiger partial charge in [0.15, 0.2) is 0 Å². The van der Waals surface area contributed by atoms with Crippen LogP contribution in [-0.4, -0.2) is 29.8 Å². The minimum absolute atomic E-state index is 0.107. The highest BCUT2D eigenvalue weighted by atomic mass is 79.9. The molecular formula is C16H16BrN3O3. The van der Waals surface area contributed by atoms with E-state index >= 15 is 0 Å². The van der Waals surface area contributed by atoms with Crippen LogP contribution in [-0.2, 0) is 6.54 Å². The molecule has 1 amide bonds. The van der Waals surface area contributed by atoms with Crippen LogP contribution in [0.2, 0.25) is 0 Å². The van der Waals surface area contributed by atoms with Crippen molar-refractivity contribution in [3.63, 3.8) is 0 Å². The van der Waals surface area contributed by atoms with Gasteiger partial charge in [0, 0.05) is 42.9 Å². The summed E-state index contributed by atoms with van der Waals surface area (Å²) in [6.07, 6.45) is 0. The lowest BCUT2D eigenvalue weighted by Gasteiger charge is -2.19. The molecule has 1 N–H and O–H groups in total. The summed E-state index contributed by atoms with van der Waals surface area (Å²) in [6, 6.07) is 11.9. The minimum atomic E-state index is -0.509. The smallest absolute Gasteiger partial charge is 0.270 e. The van der Waals surface area contributed by atoms with Gasteiger partial charge >= 0.3 is 0 Å². The average molecular weight is 378 g/mol. The van der Waals surface area contributed by atoms with Crippen LogP contribution in [0.25, 0.3) is 0 Å². The molecule has 0 aromatic heterocycles. The quantitative estimate of drug-likeness (QED) is 0.636. The molecule has 0 spiro atoms. The third-order valence-electron chi connectivity index (χ3n) is 3.39. The lowest BCUT2D eigenvalue weighted by molar-refractivity contribution is -0.384. The summed E-state index contributed by atoms with van der Waals surface area (Å²) in [5, 5.41) is 13.8. The lowest BCUT2D eigenvalue weighted by Crippen LogP contribution is -2.27. The van der Waals surface area contributed by atoms with Gasteiger partial charge in [0.05, 0.1) is 10.5 Å². The van der Waals surface area contributed by atoms with Gasteiger partial charge in [-0.05, 0) is 23.8 Å². The predicted molar refractivity (Wildman–Crippen MR) is 92.6 cm³/mol. The summed E-state index contributed by atoms with van der Waals surface area (Å²) in [7, 11) is 3.34. The first-order valence-corrected chi connectivity index (χ1v) is 7.67. The largest absolute Gasteiger partial charge is 0.387 e. The van der Waals surface area contributed by atoms with Crippen LogP contribution in [0, 0.1) is 10.1 Å². The maximum absolute atomic E-state index is 12.6. The van der Waals surface area contributed by atoms with E-state index in [4.69, 9.17) is 0 Å². The molecule has 2 aromatic carbocycles. The summed E-state index contributed by atoms with van der Waals surface area (Å²) >= 11 is 3.37. The zero-order valence-electron chi connectivity index (χ0n) is 12.7. The number of non-ortho nitro benzene ring substituents is 1. The molecule has 0 aliphatic rings. The van der Waals surface area contributed by atoms with Crippen LogP contribution in [0.4, 0.5) is 11.4 Å². The Morgan fingerprint density at radius 3 is 2.48 bits per heavy atom. The molecule has 0 atom stereocenters. The zero-order chi connectivity index (χ0) is 17.0. The second kappa shape index (κ2) is 7.23. The minimum Gasteiger partial charge on any atom is -0.387 e. The van der Waals surface area contributed by atoms with Gasteiger partial charge in [-0.1, -0.05) is 28.1 Å². The topological polar surface area (TPSA) is 75.5 Å². The number of nitrogens with one attached hydrogen (secondary N) is 1. The highest BCUT2D eigenvalue weighted by molar-refractivity contribution is 9.10. The molecule has 0 heterocycles. The number of amides is 1. The van der Waals surface area contributed by atoms with E-state index in [-0.39, 0.29) is 17.2 Å². The molecule has 0 unspecified atom stereocenters. The Bertz CT molecular complexity index is 732. The van der Waals surface area contributed by atoms with Gasteiger partial charge in [-0.25, -0.2) is 0 Å². The third-order valence-corrected chi connectivity index (χ3v) is 3.92. The first-order valence-electron chi connectivity index (χ1n) is 6.88. The van der Waals surface area contributed by atoms with E-state index in [2.05, 4.69) is 21.2 Å². The summed E-state index contributed by atoms with van der Waals surface area (Å²) in [5.41, 5.74) is 1.70. The fourth-order valence-corrected chi connectivity index (χ4v) is 2.45. The van der Waals surface area contributed by atoms with Crippen molar-refractivity contribution < 1.29 is 9.72 Å². The second-order valence-corrected chi connectivity index (χ2v) is 5.94. The zero-order valence-corrected chi connectivity index (χ0v) is 14.3. The highest BCUT2D eigenvalue weighted by Crippen LogP contribution is 2.23. The number of anilines is 1. The number of rotatable bonds is 5.